The molecule has 3 aromatic carbocycles. The Labute approximate surface area is 211 Å². The molecule has 3 aromatic rings. The van der Waals surface area contributed by atoms with Crippen LogP contribution in [-0.4, -0.2) is 47.4 Å². The number of carbonyl (C=O) groups is 2. The highest BCUT2D eigenvalue weighted by Crippen LogP contribution is 2.60. The van der Waals surface area contributed by atoms with Crippen LogP contribution in [0.2, 0.25) is 0 Å². The first kappa shape index (κ1) is 22.7. The number of ether oxygens (including phenoxy) is 2. The van der Waals surface area contributed by atoms with Crippen molar-refractivity contribution >= 4 is 11.8 Å². The Balaban J connectivity index is 1.46. The molecule has 3 aliphatic rings. The first-order valence-corrected chi connectivity index (χ1v) is 12.4. The minimum Gasteiger partial charge on any atom is -0.497 e. The molecule has 6 rings (SSSR count). The molecule has 0 aromatic heterocycles. The van der Waals surface area contributed by atoms with Gasteiger partial charge >= 0.3 is 0 Å². The van der Waals surface area contributed by atoms with E-state index in [9.17, 15) is 9.59 Å². The van der Waals surface area contributed by atoms with Gasteiger partial charge in [-0.2, -0.15) is 0 Å². The molecule has 0 radical (unpaired) electrons. The highest BCUT2D eigenvalue weighted by Gasteiger charge is 2.66. The normalized spacial score (nSPS) is 26.7. The second-order valence-electron chi connectivity index (χ2n) is 10.3. The van der Waals surface area contributed by atoms with Crippen molar-refractivity contribution in [3.05, 3.63) is 95.1 Å². The number of nitrogens with zero attached hydrogens (tertiary/aromatic N) is 2. The minimum atomic E-state index is -1.03. The van der Waals surface area contributed by atoms with Crippen LogP contribution in [-0.2, 0) is 16.1 Å². The van der Waals surface area contributed by atoms with Crippen molar-refractivity contribution < 1.29 is 19.1 Å². The molecule has 2 fully saturated rings. The summed E-state index contributed by atoms with van der Waals surface area (Å²) in [5.74, 6) is 1.14. The predicted molar refractivity (Wildman–Crippen MR) is 136 cm³/mol. The Kier molecular flexibility index (Phi) is 5.29. The summed E-state index contributed by atoms with van der Waals surface area (Å²) in [7, 11) is 1.63. The van der Waals surface area contributed by atoms with Gasteiger partial charge < -0.3 is 19.3 Å². The fraction of sp³-hybridized carbons (Fsp3) is 0.333. The standard InChI is InChI=1S/C30H30N2O4/c1-19-9-11-20(12-10-19)16-31-17-26(33)32-28-23-14-13-22(35-3)15-25(23)36-18-24(28)27(30(32,2)29(31)34)21-7-5-4-6-8-21/h4-15,24,27-28H,16-18H2,1-3H3/t24-,27+,28+,30-/m1/s1. The van der Waals surface area contributed by atoms with Crippen molar-refractivity contribution in [1.82, 2.24) is 9.80 Å². The minimum absolute atomic E-state index is 0.0130. The summed E-state index contributed by atoms with van der Waals surface area (Å²) in [5.41, 5.74) is 3.14. The highest BCUT2D eigenvalue weighted by atomic mass is 16.5. The van der Waals surface area contributed by atoms with Gasteiger partial charge in [-0.05, 0) is 37.1 Å². The first-order valence-electron chi connectivity index (χ1n) is 12.4. The van der Waals surface area contributed by atoms with E-state index < -0.39 is 5.54 Å². The molecule has 0 saturated carbocycles. The molecular formula is C30H30N2O4. The molecule has 3 heterocycles. The molecule has 0 unspecified atom stereocenters. The summed E-state index contributed by atoms with van der Waals surface area (Å²) in [6.45, 7) is 4.90. The Hall–Kier alpha value is -3.80. The number of hydrogen-bond donors (Lipinski definition) is 0. The van der Waals surface area contributed by atoms with Crippen LogP contribution in [0.5, 0.6) is 11.5 Å². The van der Waals surface area contributed by atoms with Gasteiger partial charge in [0.1, 0.15) is 23.6 Å². The summed E-state index contributed by atoms with van der Waals surface area (Å²) in [5, 5.41) is 0. The van der Waals surface area contributed by atoms with Crippen LogP contribution in [0.4, 0.5) is 0 Å². The molecule has 2 saturated heterocycles. The number of piperazine rings is 1. The summed E-state index contributed by atoms with van der Waals surface area (Å²) in [4.78, 5) is 31.9. The van der Waals surface area contributed by atoms with Gasteiger partial charge in [0, 0.05) is 30.0 Å². The third kappa shape index (κ3) is 3.31. The third-order valence-electron chi connectivity index (χ3n) is 8.16. The molecule has 0 N–H and O–H groups in total. The average Bonchev–Trinajstić information content (AvgIpc) is 3.18. The first-order chi connectivity index (χ1) is 17.4. The summed E-state index contributed by atoms with van der Waals surface area (Å²) >= 11 is 0. The zero-order valence-corrected chi connectivity index (χ0v) is 20.8. The SMILES string of the molecule is COc1ccc2c(c1)OC[C@H]1[C@H]2N2C(=O)CN(Cc3ccc(C)cc3)C(=O)[C@@]2(C)[C@H]1c1ccccc1. The van der Waals surface area contributed by atoms with Crippen molar-refractivity contribution in [2.45, 2.75) is 37.9 Å². The van der Waals surface area contributed by atoms with Crippen molar-refractivity contribution in [2.24, 2.45) is 5.92 Å². The Morgan fingerprint density at radius 2 is 1.78 bits per heavy atom. The van der Waals surface area contributed by atoms with Crippen LogP contribution in [0.25, 0.3) is 0 Å². The molecule has 36 heavy (non-hydrogen) atoms. The number of methoxy groups -OCH3 is 1. The molecule has 6 heteroatoms. The van der Waals surface area contributed by atoms with Crippen molar-refractivity contribution in [3.63, 3.8) is 0 Å². The highest BCUT2D eigenvalue weighted by molar-refractivity contribution is 6.00. The Morgan fingerprint density at radius 1 is 1.03 bits per heavy atom. The van der Waals surface area contributed by atoms with Gasteiger partial charge in [-0.3, -0.25) is 9.59 Å². The van der Waals surface area contributed by atoms with Gasteiger partial charge in [0.25, 0.3) is 0 Å². The van der Waals surface area contributed by atoms with Gasteiger partial charge in [-0.1, -0.05) is 60.2 Å². The second-order valence-corrected chi connectivity index (χ2v) is 10.3. The molecule has 2 amide bonds. The maximum Gasteiger partial charge on any atom is 0.249 e. The number of rotatable bonds is 4. The lowest BCUT2D eigenvalue weighted by Crippen LogP contribution is -2.65. The third-order valence-corrected chi connectivity index (χ3v) is 8.16. The summed E-state index contributed by atoms with van der Waals surface area (Å²) in [6.07, 6.45) is 0. The number of amides is 2. The van der Waals surface area contributed by atoms with Crippen LogP contribution < -0.4 is 9.47 Å². The lowest BCUT2D eigenvalue weighted by atomic mass is 9.73. The number of hydrogen-bond acceptors (Lipinski definition) is 4. The largest absolute Gasteiger partial charge is 0.497 e. The van der Waals surface area contributed by atoms with E-state index in [-0.39, 0.29) is 36.2 Å². The zero-order valence-electron chi connectivity index (χ0n) is 20.8. The zero-order chi connectivity index (χ0) is 25.0. The van der Waals surface area contributed by atoms with E-state index in [1.54, 1.807) is 12.0 Å². The lowest BCUT2D eigenvalue weighted by molar-refractivity contribution is -0.164. The molecule has 6 nitrogen and oxygen atoms in total. The van der Waals surface area contributed by atoms with Crippen molar-refractivity contribution in [3.8, 4) is 11.5 Å². The number of fused-ring (bicyclic) bond motifs is 5. The average molecular weight is 483 g/mol. The van der Waals surface area contributed by atoms with E-state index in [4.69, 9.17) is 9.47 Å². The van der Waals surface area contributed by atoms with Crippen molar-refractivity contribution in [2.75, 3.05) is 20.3 Å². The predicted octanol–water partition coefficient (Wildman–Crippen LogP) is 4.48. The Morgan fingerprint density at radius 3 is 2.50 bits per heavy atom. The molecule has 0 spiro atoms. The second kappa shape index (κ2) is 8.40. The summed E-state index contributed by atoms with van der Waals surface area (Å²) in [6, 6.07) is 23.8. The van der Waals surface area contributed by atoms with E-state index in [2.05, 4.69) is 12.1 Å². The summed E-state index contributed by atoms with van der Waals surface area (Å²) < 4.78 is 11.6. The number of carbonyl (C=O) groups excluding carboxylic acids is 2. The molecule has 3 aliphatic heterocycles. The monoisotopic (exact) mass is 482 g/mol. The lowest BCUT2D eigenvalue weighted by Gasteiger charge is -2.47. The van der Waals surface area contributed by atoms with E-state index >= 15 is 0 Å². The Bertz CT molecular complexity index is 1320. The van der Waals surface area contributed by atoms with Gasteiger partial charge in [0.2, 0.25) is 11.8 Å². The van der Waals surface area contributed by atoms with Crippen LogP contribution in [0.15, 0.2) is 72.8 Å². The maximum atomic E-state index is 14.4. The maximum absolute atomic E-state index is 14.4. The number of aryl methyl sites for hydroxylation is 1. The van der Waals surface area contributed by atoms with E-state index in [1.807, 2.05) is 79.4 Å². The van der Waals surface area contributed by atoms with Gasteiger partial charge in [-0.25, -0.2) is 0 Å². The topological polar surface area (TPSA) is 59.1 Å². The van der Waals surface area contributed by atoms with Crippen LogP contribution in [0, 0.1) is 12.8 Å². The van der Waals surface area contributed by atoms with Crippen LogP contribution in [0.3, 0.4) is 0 Å². The van der Waals surface area contributed by atoms with Crippen molar-refractivity contribution in [1.29, 1.82) is 0 Å². The van der Waals surface area contributed by atoms with Crippen LogP contribution >= 0.6 is 0 Å². The molecule has 0 bridgehead atoms. The van der Waals surface area contributed by atoms with Gasteiger partial charge in [0.15, 0.2) is 0 Å². The quantitative estimate of drug-likeness (QED) is 0.550. The van der Waals surface area contributed by atoms with E-state index in [1.165, 1.54) is 0 Å². The van der Waals surface area contributed by atoms with E-state index in [0.29, 0.717) is 24.7 Å². The molecule has 0 aliphatic carbocycles. The van der Waals surface area contributed by atoms with Gasteiger partial charge in [0.05, 0.1) is 19.8 Å². The fourth-order valence-electron chi connectivity index (χ4n) is 6.54. The van der Waals surface area contributed by atoms with Crippen LogP contribution in [0.1, 0.15) is 41.1 Å². The molecular weight excluding hydrogens is 452 g/mol. The van der Waals surface area contributed by atoms with E-state index in [0.717, 1.165) is 22.3 Å². The molecule has 184 valence electrons. The number of benzene rings is 3. The van der Waals surface area contributed by atoms with Gasteiger partial charge in [-0.15, -0.1) is 0 Å². The smallest absolute Gasteiger partial charge is 0.249 e. The fourth-order valence-corrected chi connectivity index (χ4v) is 6.54. The molecule has 4 atom stereocenters.